The van der Waals surface area contributed by atoms with E-state index in [0.717, 1.165) is 12.0 Å². The van der Waals surface area contributed by atoms with Gasteiger partial charge in [-0.05, 0) is 25.0 Å². The van der Waals surface area contributed by atoms with Gasteiger partial charge >= 0.3 is 0 Å². The molecule has 0 fully saturated rings. The zero-order chi connectivity index (χ0) is 13.0. The molecule has 0 spiro atoms. The van der Waals surface area contributed by atoms with E-state index in [9.17, 15) is 4.79 Å². The van der Waals surface area contributed by atoms with E-state index in [0.29, 0.717) is 5.56 Å². The fourth-order valence-electron chi connectivity index (χ4n) is 1.86. The van der Waals surface area contributed by atoms with Crippen LogP contribution < -0.4 is 5.32 Å². The van der Waals surface area contributed by atoms with E-state index in [1.807, 2.05) is 0 Å². The zero-order valence-electron chi connectivity index (χ0n) is 10.6. The number of furan rings is 1. The zero-order valence-corrected chi connectivity index (χ0v) is 10.6. The van der Waals surface area contributed by atoms with Crippen molar-refractivity contribution in [2.24, 2.45) is 0 Å². The number of amides is 1. The van der Waals surface area contributed by atoms with Gasteiger partial charge in [-0.3, -0.25) is 4.79 Å². The predicted molar refractivity (Wildman–Crippen MR) is 70.4 cm³/mol. The summed E-state index contributed by atoms with van der Waals surface area (Å²) in [5, 5.41) is 3.01. The van der Waals surface area contributed by atoms with Gasteiger partial charge in [-0.15, -0.1) is 0 Å². The summed E-state index contributed by atoms with van der Waals surface area (Å²) in [6.45, 7) is 4.11. The molecule has 2 aromatic rings. The maximum absolute atomic E-state index is 11.9. The average Bonchev–Trinajstić information content (AvgIpc) is 2.91. The number of nitrogens with one attached hydrogen (secondary N) is 1. The second-order valence-electron chi connectivity index (χ2n) is 4.36. The number of carbonyl (C=O) groups is 1. The first-order valence-electron chi connectivity index (χ1n) is 6.10. The van der Waals surface area contributed by atoms with Crippen molar-refractivity contribution in [1.82, 2.24) is 5.32 Å². The first kappa shape index (κ1) is 12.4. The highest BCUT2D eigenvalue weighted by molar-refractivity contribution is 5.94. The van der Waals surface area contributed by atoms with Crippen LogP contribution in [0.5, 0.6) is 0 Å². The van der Waals surface area contributed by atoms with Gasteiger partial charge in [0, 0.05) is 0 Å². The molecule has 0 aliphatic heterocycles. The van der Waals surface area contributed by atoms with Crippen LogP contribution in [0, 0.1) is 6.92 Å². The van der Waals surface area contributed by atoms with Crippen LogP contribution >= 0.6 is 0 Å². The molecule has 1 aromatic heterocycles. The molecule has 0 saturated heterocycles. The highest BCUT2D eigenvalue weighted by Gasteiger charge is 2.14. The largest absolute Gasteiger partial charge is 0.472 e. The lowest BCUT2D eigenvalue weighted by atomic mass is 10.0. The molecule has 18 heavy (non-hydrogen) atoms. The van der Waals surface area contributed by atoms with Crippen LogP contribution in [0.1, 0.15) is 40.9 Å². The third-order valence-electron chi connectivity index (χ3n) is 2.98. The van der Waals surface area contributed by atoms with Crippen molar-refractivity contribution in [2.75, 3.05) is 0 Å². The molecule has 2 rings (SSSR count). The van der Waals surface area contributed by atoms with E-state index in [-0.39, 0.29) is 11.9 Å². The second-order valence-corrected chi connectivity index (χ2v) is 4.36. The minimum atomic E-state index is -0.101. The summed E-state index contributed by atoms with van der Waals surface area (Å²) < 4.78 is 4.91. The Morgan fingerprint density at radius 2 is 2.00 bits per heavy atom. The summed E-state index contributed by atoms with van der Waals surface area (Å²) in [6.07, 6.45) is 3.81. The first-order valence-corrected chi connectivity index (χ1v) is 6.10. The summed E-state index contributed by atoms with van der Waals surface area (Å²) in [5.41, 5.74) is 2.90. The van der Waals surface area contributed by atoms with Crippen LogP contribution in [0.2, 0.25) is 0 Å². The normalized spacial score (nSPS) is 12.1. The Labute approximate surface area is 107 Å². The highest BCUT2D eigenvalue weighted by Crippen LogP contribution is 2.17. The van der Waals surface area contributed by atoms with Crippen molar-refractivity contribution in [3.8, 4) is 0 Å². The standard InChI is InChI=1S/C15H17NO2/c1-3-14(12-6-4-11(2)5-7-12)16-15(17)13-8-9-18-10-13/h4-10,14H,3H2,1-2H3,(H,16,17)/t14-/m0/s1. The summed E-state index contributed by atoms with van der Waals surface area (Å²) in [4.78, 5) is 11.9. The number of aryl methyl sites for hydroxylation is 1. The monoisotopic (exact) mass is 243 g/mol. The first-order chi connectivity index (χ1) is 8.70. The van der Waals surface area contributed by atoms with Gasteiger partial charge in [0.15, 0.2) is 0 Å². The molecule has 0 aliphatic carbocycles. The smallest absolute Gasteiger partial charge is 0.255 e. The molecule has 1 amide bonds. The van der Waals surface area contributed by atoms with Crippen molar-refractivity contribution < 1.29 is 9.21 Å². The maximum atomic E-state index is 11.9. The molecule has 0 radical (unpaired) electrons. The van der Waals surface area contributed by atoms with Gasteiger partial charge in [-0.2, -0.15) is 0 Å². The van der Waals surface area contributed by atoms with E-state index in [1.165, 1.54) is 18.1 Å². The molecule has 1 N–H and O–H groups in total. The van der Waals surface area contributed by atoms with Crippen LogP contribution in [0.4, 0.5) is 0 Å². The van der Waals surface area contributed by atoms with Gasteiger partial charge < -0.3 is 9.73 Å². The Morgan fingerprint density at radius 3 is 2.56 bits per heavy atom. The summed E-state index contributed by atoms with van der Waals surface area (Å²) >= 11 is 0. The van der Waals surface area contributed by atoms with Crippen molar-refractivity contribution in [2.45, 2.75) is 26.3 Å². The molecular weight excluding hydrogens is 226 g/mol. The SMILES string of the molecule is CC[C@H](NC(=O)c1ccoc1)c1ccc(C)cc1. The molecule has 94 valence electrons. The molecule has 3 heteroatoms. The summed E-state index contributed by atoms with van der Waals surface area (Å²) in [7, 11) is 0. The van der Waals surface area contributed by atoms with Crippen LogP contribution in [-0.2, 0) is 0 Å². The third-order valence-corrected chi connectivity index (χ3v) is 2.98. The lowest BCUT2D eigenvalue weighted by Crippen LogP contribution is -2.27. The summed E-state index contributed by atoms with van der Waals surface area (Å²) in [5.74, 6) is -0.101. The Balaban J connectivity index is 2.10. The third kappa shape index (κ3) is 2.80. The fraction of sp³-hybridized carbons (Fsp3) is 0.267. The van der Waals surface area contributed by atoms with Crippen molar-refractivity contribution >= 4 is 5.91 Å². The second kappa shape index (κ2) is 5.54. The van der Waals surface area contributed by atoms with E-state index >= 15 is 0 Å². The van der Waals surface area contributed by atoms with Crippen LogP contribution in [0.25, 0.3) is 0 Å². The van der Waals surface area contributed by atoms with E-state index in [1.54, 1.807) is 6.07 Å². The van der Waals surface area contributed by atoms with Crippen LogP contribution in [0.15, 0.2) is 47.3 Å². The Hall–Kier alpha value is -2.03. The number of hydrogen-bond donors (Lipinski definition) is 1. The minimum Gasteiger partial charge on any atom is -0.472 e. The van der Waals surface area contributed by atoms with E-state index in [4.69, 9.17) is 4.42 Å². The molecule has 1 aromatic carbocycles. The average molecular weight is 243 g/mol. The predicted octanol–water partition coefficient (Wildman–Crippen LogP) is 3.47. The Morgan fingerprint density at radius 1 is 1.28 bits per heavy atom. The molecular formula is C15H17NO2. The summed E-state index contributed by atoms with van der Waals surface area (Å²) in [6, 6.07) is 9.92. The topological polar surface area (TPSA) is 42.2 Å². The van der Waals surface area contributed by atoms with Gasteiger partial charge in [0.25, 0.3) is 5.91 Å². The van der Waals surface area contributed by atoms with E-state index < -0.39 is 0 Å². The lowest BCUT2D eigenvalue weighted by molar-refractivity contribution is 0.0935. The number of carbonyl (C=O) groups excluding carboxylic acids is 1. The Bertz CT molecular complexity index is 500. The van der Waals surface area contributed by atoms with Crippen molar-refractivity contribution in [1.29, 1.82) is 0 Å². The van der Waals surface area contributed by atoms with Crippen LogP contribution in [0.3, 0.4) is 0 Å². The molecule has 0 saturated carbocycles. The Kier molecular flexibility index (Phi) is 3.82. The lowest BCUT2D eigenvalue weighted by Gasteiger charge is -2.17. The van der Waals surface area contributed by atoms with Crippen molar-refractivity contribution in [3.63, 3.8) is 0 Å². The van der Waals surface area contributed by atoms with Gasteiger partial charge in [-0.25, -0.2) is 0 Å². The molecule has 0 aliphatic rings. The molecule has 1 heterocycles. The van der Waals surface area contributed by atoms with Crippen LogP contribution in [-0.4, -0.2) is 5.91 Å². The van der Waals surface area contributed by atoms with Gasteiger partial charge in [-0.1, -0.05) is 36.8 Å². The number of benzene rings is 1. The van der Waals surface area contributed by atoms with Crippen molar-refractivity contribution in [3.05, 3.63) is 59.5 Å². The molecule has 1 atom stereocenters. The number of rotatable bonds is 4. The maximum Gasteiger partial charge on any atom is 0.255 e. The molecule has 0 unspecified atom stereocenters. The quantitative estimate of drug-likeness (QED) is 0.893. The molecule has 0 bridgehead atoms. The van der Waals surface area contributed by atoms with E-state index in [2.05, 4.69) is 43.4 Å². The molecule has 3 nitrogen and oxygen atoms in total. The van der Waals surface area contributed by atoms with Gasteiger partial charge in [0.05, 0.1) is 17.9 Å². The van der Waals surface area contributed by atoms with Gasteiger partial charge in [0.1, 0.15) is 6.26 Å². The highest BCUT2D eigenvalue weighted by atomic mass is 16.3. The minimum absolute atomic E-state index is 0.0352. The van der Waals surface area contributed by atoms with Gasteiger partial charge in [0.2, 0.25) is 0 Å². The number of hydrogen-bond acceptors (Lipinski definition) is 2. The fourth-order valence-corrected chi connectivity index (χ4v) is 1.86.